The van der Waals surface area contributed by atoms with E-state index in [1.165, 1.54) is 4.88 Å². The Labute approximate surface area is 138 Å². The molecular weight excluding hydrogens is 310 g/mol. The van der Waals surface area contributed by atoms with Gasteiger partial charge >= 0.3 is 0 Å². The number of aryl methyl sites for hydroxylation is 2. The molecular formula is C16H19N5OS. The maximum atomic E-state index is 12.3. The molecule has 0 saturated carbocycles. The van der Waals surface area contributed by atoms with Crippen LogP contribution in [0.4, 0.5) is 0 Å². The largest absolute Gasteiger partial charge is 0.345 e. The lowest BCUT2D eigenvalue weighted by molar-refractivity contribution is 0.0950. The zero-order valence-electron chi connectivity index (χ0n) is 13.6. The number of pyridine rings is 1. The molecule has 0 spiro atoms. The highest BCUT2D eigenvalue weighted by Gasteiger charge is 2.12. The van der Waals surface area contributed by atoms with Crippen molar-refractivity contribution in [3.05, 3.63) is 39.7 Å². The van der Waals surface area contributed by atoms with Crippen LogP contribution in [0.25, 0.3) is 11.2 Å². The number of hydrogen-bond donors (Lipinski definition) is 1. The van der Waals surface area contributed by atoms with E-state index in [2.05, 4.69) is 34.1 Å². The second-order valence-corrected chi connectivity index (χ2v) is 7.03. The van der Waals surface area contributed by atoms with Crippen LogP contribution in [0.3, 0.4) is 0 Å². The summed E-state index contributed by atoms with van der Waals surface area (Å²) in [7, 11) is 0. The first-order valence-corrected chi connectivity index (χ1v) is 8.31. The summed E-state index contributed by atoms with van der Waals surface area (Å²) in [6.45, 7) is 8.57. The second-order valence-electron chi connectivity index (χ2n) is 5.74. The predicted molar refractivity (Wildman–Crippen MR) is 90.7 cm³/mol. The first-order chi connectivity index (χ1) is 11.0. The standard InChI is InChI=1S/C16H19N5OS/c1-9(2)21-8-19-13-5-12(6-17-15(13)21)16(22)18-7-14-20-10(3)11(4)23-14/h5-6,8-9H,7H2,1-4H3,(H,18,22). The van der Waals surface area contributed by atoms with Crippen molar-refractivity contribution >= 4 is 28.4 Å². The molecule has 3 heterocycles. The smallest absolute Gasteiger partial charge is 0.253 e. The van der Waals surface area contributed by atoms with E-state index >= 15 is 0 Å². The molecule has 23 heavy (non-hydrogen) atoms. The molecule has 3 rings (SSSR count). The zero-order valence-corrected chi connectivity index (χ0v) is 14.4. The van der Waals surface area contributed by atoms with Gasteiger partial charge in [-0.2, -0.15) is 0 Å². The number of rotatable bonds is 4. The molecule has 1 amide bonds. The molecule has 0 bridgehead atoms. The van der Waals surface area contributed by atoms with Crippen LogP contribution in [-0.4, -0.2) is 25.4 Å². The van der Waals surface area contributed by atoms with Crippen LogP contribution in [0.5, 0.6) is 0 Å². The van der Waals surface area contributed by atoms with Gasteiger partial charge in [0.1, 0.15) is 10.5 Å². The van der Waals surface area contributed by atoms with Gasteiger partial charge in [-0.25, -0.2) is 15.0 Å². The Kier molecular flexibility index (Phi) is 4.12. The Morgan fingerprint density at radius 1 is 1.35 bits per heavy atom. The lowest BCUT2D eigenvalue weighted by atomic mass is 10.2. The molecule has 0 unspecified atom stereocenters. The van der Waals surface area contributed by atoms with Crippen molar-refractivity contribution in [1.82, 2.24) is 24.8 Å². The molecule has 0 aromatic carbocycles. The summed E-state index contributed by atoms with van der Waals surface area (Å²) in [6, 6.07) is 2.05. The van der Waals surface area contributed by atoms with Crippen LogP contribution in [0.1, 0.15) is 45.8 Å². The summed E-state index contributed by atoms with van der Waals surface area (Å²) in [6.07, 6.45) is 3.35. The number of imidazole rings is 1. The van der Waals surface area contributed by atoms with E-state index < -0.39 is 0 Å². The zero-order chi connectivity index (χ0) is 16.6. The molecule has 0 saturated heterocycles. The van der Waals surface area contributed by atoms with Crippen LogP contribution in [0, 0.1) is 13.8 Å². The van der Waals surface area contributed by atoms with Crippen LogP contribution < -0.4 is 5.32 Å². The molecule has 0 aliphatic rings. The second kappa shape index (κ2) is 6.08. The summed E-state index contributed by atoms with van der Waals surface area (Å²) < 4.78 is 1.98. The van der Waals surface area contributed by atoms with E-state index in [1.54, 1.807) is 29.9 Å². The van der Waals surface area contributed by atoms with Gasteiger partial charge in [0.25, 0.3) is 5.91 Å². The molecule has 7 heteroatoms. The van der Waals surface area contributed by atoms with Crippen LogP contribution >= 0.6 is 11.3 Å². The van der Waals surface area contributed by atoms with Crippen molar-refractivity contribution in [2.75, 3.05) is 0 Å². The van der Waals surface area contributed by atoms with E-state index in [4.69, 9.17) is 0 Å². The molecule has 0 aliphatic carbocycles. The first-order valence-electron chi connectivity index (χ1n) is 7.49. The Morgan fingerprint density at radius 2 is 2.13 bits per heavy atom. The topological polar surface area (TPSA) is 72.7 Å². The Hall–Kier alpha value is -2.28. The molecule has 0 fully saturated rings. The van der Waals surface area contributed by atoms with Gasteiger partial charge in [-0.15, -0.1) is 11.3 Å². The number of carbonyl (C=O) groups is 1. The van der Waals surface area contributed by atoms with Gasteiger partial charge in [0, 0.05) is 17.1 Å². The van der Waals surface area contributed by atoms with Crippen molar-refractivity contribution in [3.63, 3.8) is 0 Å². The number of fused-ring (bicyclic) bond motifs is 1. The Balaban J connectivity index is 1.75. The van der Waals surface area contributed by atoms with Crippen molar-refractivity contribution in [3.8, 4) is 0 Å². The number of nitrogens with one attached hydrogen (secondary N) is 1. The average molecular weight is 329 g/mol. The lowest BCUT2D eigenvalue weighted by Crippen LogP contribution is -2.22. The minimum Gasteiger partial charge on any atom is -0.345 e. The third-order valence-corrected chi connectivity index (χ3v) is 4.78. The quantitative estimate of drug-likeness (QED) is 0.798. The maximum Gasteiger partial charge on any atom is 0.253 e. The van der Waals surface area contributed by atoms with Gasteiger partial charge in [0.15, 0.2) is 5.65 Å². The van der Waals surface area contributed by atoms with Crippen molar-refractivity contribution < 1.29 is 4.79 Å². The number of hydrogen-bond acceptors (Lipinski definition) is 5. The van der Waals surface area contributed by atoms with Crippen LogP contribution in [0.15, 0.2) is 18.6 Å². The molecule has 3 aromatic rings. The van der Waals surface area contributed by atoms with E-state index in [9.17, 15) is 4.79 Å². The van der Waals surface area contributed by atoms with E-state index in [1.807, 2.05) is 18.4 Å². The molecule has 120 valence electrons. The fourth-order valence-corrected chi connectivity index (χ4v) is 3.17. The van der Waals surface area contributed by atoms with Crippen molar-refractivity contribution in [2.45, 2.75) is 40.3 Å². The molecule has 3 aromatic heterocycles. The van der Waals surface area contributed by atoms with Gasteiger partial charge in [0.2, 0.25) is 0 Å². The molecule has 0 radical (unpaired) electrons. The van der Waals surface area contributed by atoms with E-state index in [0.29, 0.717) is 12.1 Å². The number of nitrogens with zero attached hydrogens (tertiary/aromatic N) is 4. The van der Waals surface area contributed by atoms with Gasteiger partial charge in [-0.05, 0) is 33.8 Å². The Morgan fingerprint density at radius 3 is 2.78 bits per heavy atom. The minimum atomic E-state index is -0.163. The maximum absolute atomic E-state index is 12.3. The lowest BCUT2D eigenvalue weighted by Gasteiger charge is -2.07. The van der Waals surface area contributed by atoms with Crippen molar-refractivity contribution in [2.24, 2.45) is 0 Å². The third kappa shape index (κ3) is 3.10. The van der Waals surface area contributed by atoms with E-state index in [-0.39, 0.29) is 11.9 Å². The highest BCUT2D eigenvalue weighted by Crippen LogP contribution is 2.18. The number of aromatic nitrogens is 4. The number of thiazole rings is 1. The predicted octanol–water partition coefficient (Wildman–Crippen LogP) is 3.02. The first kappa shape index (κ1) is 15.6. The highest BCUT2D eigenvalue weighted by atomic mass is 32.1. The van der Waals surface area contributed by atoms with Gasteiger partial charge in [0.05, 0.1) is 24.1 Å². The summed E-state index contributed by atoms with van der Waals surface area (Å²) in [4.78, 5) is 26.6. The van der Waals surface area contributed by atoms with Crippen LogP contribution in [-0.2, 0) is 6.54 Å². The SMILES string of the molecule is Cc1nc(CNC(=O)c2cnc3c(c2)ncn3C(C)C)sc1C. The van der Waals surface area contributed by atoms with E-state index in [0.717, 1.165) is 21.9 Å². The summed E-state index contributed by atoms with van der Waals surface area (Å²) in [5.41, 5.74) is 3.05. The Bertz CT molecular complexity index is 845. The van der Waals surface area contributed by atoms with Crippen molar-refractivity contribution in [1.29, 1.82) is 0 Å². The molecule has 1 N–H and O–H groups in total. The van der Waals surface area contributed by atoms with Gasteiger partial charge in [-0.1, -0.05) is 0 Å². The normalized spacial score (nSPS) is 11.3. The molecule has 6 nitrogen and oxygen atoms in total. The average Bonchev–Trinajstić information content (AvgIpc) is 3.08. The highest BCUT2D eigenvalue weighted by molar-refractivity contribution is 7.11. The fraction of sp³-hybridized carbons (Fsp3) is 0.375. The fourth-order valence-electron chi connectivity index (χ4n) is 2.29. The number of carbonyl (C=O) groups excluding carboxylic acids is 1. The molecule has 0 atom stereocenters. The number of amides is 1. The van der Waals surface area contributed by atoms with Gasteiger partial charge < -0.3 is 9.88 Å². The summed E-state index contributed by atoms with van der Waals surface area (Å²) in [5, 5.41) is 3.79. The van der Waals surface area contributed by atoms with Crippen LogP contribution in [0.2, 0.25) is 0 Å². The summed E-state index contributed by atoms with van der Waals surface area (Å²) >= 11 is 1.60. The third-order valence-electron chi connectivity index (χ3n) is 3.70. The van der Waals surface area contributed by atoms with Gasteiger partial charge in [-0.3, -0.25) is 4.79 Å². The monoisotopic (exact) mass is 329 g/mol. The summed E-state index contributed by atoms with van der Waals surface area (Å²) in [5.74, 6) is -0.163. The minimum absolute atomic E-state index is 0.163. The molecule has 0 aliphatic heterocycles.